The molecule has 0 aliphatic carbocycles. The molecule has 3 aromatic rings. The predicted molar refractivity (Wildman–Crippen MR) is 114 cm³/mol. The quantitative estimate of drug-likeness (QED) is 0.652. The van der Waals surface area contributed by atoms with Crippen LogP contribution in [0.15, 0.2) is 48.5 Å². The number of rotatable bonds is 6. The second-order valence-corrected chi connectivity index (χ2v) is 7.13. The first-order chi connectivity index (χ1) is 13.9. The maximum Gasteiger partial charge on any atom is 0.340 e. The summed E-state index contributed by atoms with van der Waals surface area (Å²) in [6, 6.07) is 15.5. The number of carbonyl (C=O) groups is 2. The monoisotopic (exact) mass is 391 g/mol. The van der Waals surface area contributed by atoms with Crippen LogP contribution in [-0.2, 0) is 16.1 Å². The lowest BCUT2D eigenvalue weighted by Crippen LogP contribution is -2.28. The van der Waals surface area contributed by atoms with E-state index in [2.05, 4.69) is 10.3 Å². The molecule has 0 unspecified atom stereocenters. The van der Waals surface area contributed by atoms with Crippen molar-refractivity contribution in [3.05, 3.63) is 70.9 Å². The van der Waals surface area contributed by atoms with Crippen LogP contribution in [0.3, 0.4) is 0 Å². The molecule has 1 amide bonds. The van der Waals surface area contributed by atoms with Crippen molar-refractivity contribution in [1.29, 1.82) is 0 Å². The second-order valence-electron chi connectivity index (χ2n) is 7.13. The molecule has 1 aromatic heterocycles. The van der Waals surface area contributed by atoms with Crippen molar-refractivity contribution in [3.63, 3.8) is 0 Å². The number of esters is 1. The molecule has 1 heterocycles. The number of amides is 1. The summed E-state index contributed by atoms with van der Waals surface area (Å²) in [4.78, 5) is 31.1. The zero-order chi connectivity index (χ0) is 21.0. The number of anilines is 1. The van der Waals surface area contributed by atoms with Crippen molar-refractivity contribution in [3.8, 4) is 0 Å². The Labute approximate surface area is 170 Å². The Hall–Kier alpha value is -3.41. The standard InChI is InChI=1S/C23H25N3O3/c1-15-19-7-5-6-8-20(19)25-16(2)22(15)23(28)29-14-21(27)24-13-17-9-11-18(12-10-17)26(3)4/h5-12H,13-14H2,1-4H3,(H,24,27). The van der Waals surface area contributed by atoms with Gasteiger partial charge in [0, 0.05) is 31.7 Å². The number of fused-ring (bicyclic) bond motifs is 1. The van der Waals surface area contributed by atoms with E-state index in [0.717, 1.165) is 27.7 Å². The maximum absolute atomic E-state index is 12.6. The molecule has 0 aliphatic rings. The zero-order valence-electron chi connectivity index (χ0n) is 17.2. The van der Waals surface area contributed by atoms with Gasteiger partial charge in [-0.3, -0.25) is 9.78 Å². The number of hydrogen-bond donors (Lipinski definition) is 1. The summed E-state index contributed by atoms with van der Waals surface area (Å²) in [6.45, 7) is 3.68. The first kappa shape index (κ1) is 20.3. The number of pyridine rings is 1. The lowest BCUT2D eigenvalue weighted by atomic mass is 10.0. The van der Waals surface area contributed by atoms with E-state index in [1.807, 2.05) is 74.4 Å². The third-order valence-electron chi connectivity index (χ3n) is 4.81. The minimum absolute atomic E-state index is 0.333. The Morgan fingerprint density at radius 3 is 2.41 bits per heavy atom. The lowest BCUT2D eigenvalue weighted by molar-refractivity contribution is -0.124. The number of carbonyl (C=O) groups excluding carboxylic acids is 2. The van der Waals surface area contributed by atoms with Gasteiger partial charge in [-0.1, -0.05) is 30.3 Å². The number of ether oxygens (including phenoxy) is 1. The highest BCUT2D eigenvalue weighted by Gasteiger charge is 2.18. The summed E-state index contributed by atoms with van der Waals surface area (Å²) in [5.74, 6) is -0.886. The zero-order valence-corrected chi connectivity index (χ0v) is 17.2. The SMILES string of the molecule is Cc1nc2ccccc2c(C)c1C(=O)OCC(=O)NCc1ccc(N(C)C)cc1. The fourth-order valence-electron chi connectivity index (χ4n) is 3.20. The van der Waals surface area contributed by atoms with Crippen molar-refractivity contribution >= 4 is 28.5 Å². The fourth-order valence-corrected chi connectivity index (χ4v) is 3.20. The topological polar surface area (TPSA) is 71.5 Å². The number of para-hydroxylation sites is 1. The molecule has 0 saturated carbocycles. The van der Waals surface area contributed by atoms with Crippen molar-refractivity contribution in [2.75, 3.05) is 25.6 Å². The minimum atomic E-state index is -0.538. The van der Waals surface area contributed by atoms with E-state index in [0.29, 0.717) is 17.8 Å². The summed E-state index contributed by atoms with van der Waals surface area (Å²) in [7, 11) is 3.94. The van der Waals surface area contributed by atoms with Gasteiger partial charge in [0.1, 0.15) is 0 Å². The first-order valence-corrected chi connectivity index (χ1v) is 9.43. The van der Waals surface area contributed by atoms with E-state index in [1.165, 1.54) is 0 Å². The third kappa shape index (κ3) is 4.71. The predicted octanol–water partition coefficient (Wildman–Crippen LogP) is 3.39. The Morgan fingerprint density at radius 1 is 1.03 bits per heavy atom. The van der Waals surface area contributed by atoms with Gasteiger partial charge in [-0.2, -0.15) is 0 Å². The molecule has 3 rings (SSSR count). The number of aromatic nitrogens is 1. The van der Waals surface area contributed by atoms with Crippen LogP contribution in [-0.4, -0.2) is 37.6 Å². The van der Waals surface area contributed by atoms with Crippen LogP contribution in [0.2, 0.25) is 0 Å². The highest BCUT2D eigenvalue weighted by Crippen LogP contribution is 2.23. The molecular weight excluding hydrogens is 366 g/mol. The van der Waals surface area contributed by atoms with Crippen molar-refractivity contribution < 1.29 is 14.3 Å². The molecular formula is C23H25N3O3. The van der Waals surface area contributed by atoms with Crippen molar-refractivity contribution in [1.82, 2.24) is 10.3 Å². The Morgan fingerprint density at radius 2 is 1.72 bits per heavy atom. The van der Waals surface area contributed by atoms with E-state index >= 15 is 0 Å². The van der Waals surface area contributed by atoms with E-state index in [-0.39, 0.29) is 12.5 Å². The van der Waals surface area contributed by atoms with Gasteiger partial charge in [-0.05, 0) is 43.2 Å². The van der Waals surface area contributed by atoms with Crippen LogP contribution < -0.4 is 10.2 Å². The van der Waals surface area contributed by atoms with E-state index in [1.54, 1.807) is 6.92 Å². The molecule has 2 aromatic carbocycles. The van der Waals surface area contributed by atoms with Gasteiger partial charge in [-0.25, -0.2) is 4.79 Å². The van der Waals surface area contributed by atoms with Crippen LogP contribution in [0.5, 0.6) is 0 Å². The Bertz CT molecular complexity index is 1040. The summed E-state index contributed by atoms with van der Waals surface area (Å²) in [5.41, 5.74) is 4.70. The molecule has 0 atom stereocenters. The van der Waals surface area contributed by atoms with Crippen LogP contribution in [0.4, 0.5) is 5.69 Å². The van der Waals surface area contributed by atoms with E-state index in [4.69, 9.17) is 4.74 Å². The number of aryl methyl sites for hydroxylation is 2. The summed E-state index contributed by atoms with van der Waals surface area (Å²) < 4.78 is 5.24. The molecule has 0 saturated heterocycles. The van der Waals surface area contributed by atoms with Crippen LogP contribution in [0.1, 0.15) is 27.2 Å². The molecule has 6 heteroatoms. The van der Waals surface area contributed by atoms with Gasteiger partial charge in [0.15, 0.2) is 6.61 Å². The number of nitrogens with one attached hydrogen (secondary N) is 1. The van der Waals surface area contributed by atoms with Gasteiger partial charge in [0.25, 0.3) is 5.91 Å². The normalized spacial score (nSPS) is 10.6. The Balaban J connectivity index is 1.59. The van der Waals surface area contributed by atoms with Gasteiger partial charge < -0.3 is 15.0 Å². The largest absolute Gasteiger partial charge is 0.452 e. The van der Waals surface area contributed by atoms with Crippen molar-refractivity contribution in [2.24, 2.45) is 0 Å². The molecule has 1 N–H and O–H groups in total. The average Bonchev–Trinajstić information content (AvgIpc) is 2.71. The van der Waals surface area contributed by atoms with Crippen molar-refractivity contribution in [2.45, 2.75) is 20.4 Å². The third-order valence-corrected chi connectivity index (χ3v) is 4.81. The van der Waals surface area contributed by atoms with Crippen LogP contribution >= 0.6 is 0 Å². The van der Waals surface area contributed by atoms with Gasteiger partial charge in [0.2, 0.25) is 0 Å². The molecule has 0 bridgehead atoms. The molecule has 0 radical (unpaired) electrons. The van der Waals surface area contributed by atoms with Crippen LogP contribution in [0, 0.1) is 13.8 Å². The summed E-state index contributed by atoms with van der Waals surface area (Å²) in [6.07, 6.45) is 0. The Kier molecular flexibility index (Phi) is 6.12. The summed E-state index contributed by atoms with van der Waals surface area (Å²) in [5, 5.41) is 3.67. The molecule has 0 aliphatic heterocycles. The maximum atomic E-state index is 12.6. The second kappa shape index (κ2) is 8.73. The van der Waals surface area contributed by atoms with Gasteiger partial charge in [-0.15, -0.1) is 0 Å². The number of nitrogens with zero attached hydrogens (tertiary/aromatic N) is 2. The molecule has 29 heavy (non-hydrogen) atoms. The smallest absolute Gasteiger partial charge is 0.340 e. The van der Waals surface area contributed by atoms with E-state index < -0.39 is 5.97 Å². The van der Waals surface area contributed by atoms with Crippen LogP contribution in [0.25, 0.3) is 10.9 Å². The summed E-state index contributed by atoms with van der Waals surface area (Å²) >= 11 is 0. The van der Waals surface area contributed by atoms with Gasteiger partial charge >= 0.3 is 5.97 Å². The van der Waals surface area contributed by atoms with E-state index in [9.17, 15) is 9.59 Å². The molecule has 6 nitrogen and oxygen atoms in total. The lowest BCUT2D eigenvalue weighted by Gasteiger charge is -2.13. The highest BCUT2D eigenvalue weighted by atomic mass is 16.5. The van der Waals surface area contributed by atoms with Gasteiger partial charge in [0.05, 0.1) is 16.8 Å². The number of hydrogen-bond acceptors (Lipinski definition) is 5. The first-order valence-electron chi connectivity index (χ1n) is 9.43. The minimum Gasteiger partial charge on any atom is -0.452 e. The highest BCUT2D eigenvalue weighted by molar-refractivity contribution is 5.99. The number of benzene rings is 2. The average molecular weight is 391 g/mol. The molecule has 0 fully saturated rings. The fraction of sp³-hybridized carbons (Fsp3) is 0.261. The molecule has 0 spiro atoms. The molecule has 150 valence electrons.